The van der Waals surface area contributed by atoms with Gasteiger partial charge in [-0.05, 0) is 24.7 Å². The fraction of sp³-hybridized carbons (Fsp3) is 0.538. The van der Waals surface area contributed by atoms with Crippen LogP contribution in [0.2, 0.25) is 5.02 Å². The first kappa shape index (κ1) is 13.3. The molecule has 0 bridgehead atoms. The highest BCUT2D eigenvalue weighted by atomic mass is 35.5. The van der Waals surface area contributed by atoms with Gasteiger partial charge in [0.05, 0.1) is 6.61 Å². The zero-order valence-corrected chi connectivity index (χ0v) is 11.0. The van der Waals surface area contributed by atoms with Crippen LogP contribution < -0.4 is 10.1 Å². The van der Waals surface area contributed by atoms with E-state index in [0.29, 0.717) is 11.6 Å². The van der Waals surface area contributed by atoms with Gasteiger partial charge in [0.2, 0.25) is 0 Å². The molecule has 1 aromatic rings. The van der Waals surface area contributed by atoms with Crippen molar-refractivity contribution >= 4 is 11.6 Å². The lowest BCUT2D eigenvalue weighted by Gasteiger charge is -2.25. The zero-order valence-electron chi connectivity index (χ0n) is 10.2. The summed E-state index contributed by atoms with van der Waals surface area (Å²) in [6.07, 6.45) is 0. The maximum Gasteiger partial charge on any atom is 0.120 e. The molecule has 0 aliphatic rings. The van der Waals surface area contributed by atoms with Crippen molar-refractivity contribution in [3.8, 4) is 5.75 Å². The summed E-state index contributed by atoms with van der Waals surface area (Å²) in [6, 6.07) is 7.51. The monoisotopic (exact) mass is 241 g/mol. The Labute approximate surface area is 103 Å². The molecule has 0 heterocycles. The van der Waals surface area contributed by atoms with Gasteiger partial charge in [0.1, 0.15) is 5.75 Å². The Bertz CT molecular complexity index is 325. The molecule has 0 radical (unpaired) electrons. The van der Waals surface area contributed by atoms with Crippen molar-refractivity contribution in [2.75, 3.05) is 19.7 Å². The van der Waals surface area contributed by atoms with Crippen molar-refractivity contribution in [2.24, 2.45) is 5.41 Å². The molecule has 0 fully saturated rings. The van der Waals surface area contributed by atoms with Crippen LogP contribution in [0.1, 0.15) is 20.8 Å². The largest absolute Gasteiger partial charge is 0.493 e. The van der Waals surface area contributed by atoms with Crippen LogP contribution in [0.25, 0.3) is 0 Å². The van der Waals surface area contributed by atoms with E-state index in [2.05, 4.69) is 26.1 Å². The summed E-state index contributed by atoms with van der Waals surface area (Å²) in [5, 5.41) is 4.04. The number of hydrogen-bond acceptors (Lipinski definition) is 2. The molecule has 90 valence electrons. The van der Waals surface area contributed by atoms with E-state index < -0.39 is 0 Å². The van der Waals surface area contributed by atoms with E-state index >= 15 is 0 Å². The smallest absolute Gasteiger partial charge is 0.120 e. The number of ether oxygens (including phenoxy) is 1. The lowest BCUT2D eigenvalue weighted by Crippen LogP contribution is -2.34. The fourth-order valence-electron chi connectivity index (χ4n) is 1.35. The summed E-state index contributed by atoms with van der Waals surface area (Å²) in [5.41, 5.74) is 0.123. The molecule has 1 rings (SSSR count). The molecular formula is C13H20ClNO. The van der Waals surface area contributed by atoms with Crippen molar-refractivity contribution in [3.63, 3.8) is 0 Å². The molecule has 0 saturated heterocycles. The van der Waals surface area contributed by atoms with Crippen molar-refractivity contribution in [2.45, 2.75) is 20.8 Å². The van der Waals surface area contributed by atoms with Gasteiger partial charge in [-0.25, -0.2) is 0 Å². The van der Waals surface area contributed by atoms with Crippen LogP contribution in [0.5, 0.6) is 5.75 Å². The van der Waals surface area contributed by atoms with E-state index in [1.54, 1.807) is 0 Å². The summed E-state index contributed by atoms with van der Waals surface area (Å²) >= 11 is 5.89. The Kier molecular flexibility index (Phi) is 5.10. The molecule has 1 N–H and O–H groups in total. The molecular weight excluding hydrogens is 222 g/mol. The minimum atomic E-state index is 0.123. The van der Waals surface area contributed by atoms with Crippen molar-refractivity contribution < 1.29 is 4.74 Å². The van der Waals surface area contributed by atoms with Gasteiger partial charge in [0.25, 0.3) is 0 Å². The molecule has 1 aromatic carbocycles. The minimum absolute atomic E-state index is 0.123. The zero-order chi connectivity index (χ0) is 12.0. The number of rotatable bonds is 6. The van der Waals surface area contributed by atoms with Crippen LogP contribution in [-0.2, 0) is 0 Å². The van der Waals surface area contributed by atoms with Crippen LogP contribution in [-0.4, -0.2) is 19.7 Å². The first-order chi connectivity index (χ1) is 7.53. The third kappa shape index (κ3) is 4.86. The normalized spacial score (nSPS) is 11.5. The second kappa shape index (κ2) is 6.12. The Morgan fingerprint density at radius 3 is 2.75 bits per heavy atom. The summed E-state index contributed by atoms with van der Waals surface area (Å²) in [5.74, 6) is 0.831. The van der Waals surface area contributed by atoms with Crippen LogP contribution in [0.4, 0.5) is 0 Å². The second-order valence-corrected chi connectivity index (χ2v) is 5.13. The summed E-state index contributed by atoms with van der Waals surface area (Å²) in [6.45, 7) is 9.08. The highest BCUT2D eigenvalue weighted by molar-refractivity contribution is 6.30. The molecule has 0 amide bonds. The molecule has 0 saturated carbocycles. The summed E-state index contributed by atoms with van der Waals surface area (Å²) in [4.78, 5) is 0. The van der Waals surface area contributed by atoms with Crippen LogP contribution >= 0.6 is 11.6 Å². The van der Waals surface area contributed by atoms with Gasteiger partial charge in [-0.1, -0.05) is 38.4 Å². The van der Waals surface area contributed by atoms with Gasteiger partial charge in [0.15, 0.2) is 0 Å². The minimum Gasteiger partial charge on any atom is -0.493 e. The Morgan fingerprint density at radius 1 is 1.38 bits per heavy atom. The average Bonchev–Trinajstić information content (AvgIpc) is 2.24. The number of benzene rings is 1. The van der Waals surface area contributed by atoms with Crippen molar-refractivity contribution in [1.29, 1.82) is 0 Å². The Morgan fingerprint density at radius 2 is 2.12 bits per heavy atom. The predicted molar refractivity (Wildman–Crippen MR) is 69.3 cm³/mol. The molecule has 0 aliphatic carbocycles. The topological polar surface area (TPSA) is 21.3 Å². The average molecular weight is 242 g/mol. The van der Waals surface area contributed by atoms with E-state index in [1.807, 2.05) is 24.3 Å². The van der Waals surface area contributed by atoms with Crippen molar-refractivity contribution in [3.05, 3.63) is 29.3 Å². The predicted octanol–water partition coefficient (Wildman–Crippen LogP) is 3.35. The summed E-state index contributed by atoms with van der Waals surface area (Å²) in [7, 11) is 0. The highest BCUT2D eigenvalue weighted by Crippen LogP contribution is 2.20. The van der Waals surface area contributed by atoms with E-state index in [4.69, 9.17) is 16.3 Å². The number of nitrogens with one attached hydrogen (secondary N) is 1. The maximum absolute atomic E-state index is 5.89. The van der Waals surface area contributed by atoms with Gasteiger partial charge in [-0.2, -0.15) is 0 Å². The molecule has 16 heavy (non-hydrogen) atoms. The van der Waals surface area contributed by atoms with Crippen LogP contribution in [0.15, 0.2) is 24.3 Å². The van der Waals surface area contributed by atoms with Gasteiger partial charge >= 0.3 is 0 Å². The Hall–Kier alpha value is -0.730. The Balaban J connectivity index is 2.44. The van der Waals surface area contributed by atoms with Crippen molar-refractivity contribution in [1.82, 2.24) is 5.32 Å². The molecule has 3 heteroatoms. The van der Waals surface area contributed by atoms with Gasteiger partial charge in [-0.15, -0.1) is 0 Å². The number of hydrogen-bond donors (Lipinski definition) is 1. The highest BCUT2D eigenvalue weighted by Gasteiger charge is 2.18. The summed E-state index contributed by atoms with van der Waals surface area (Å²) < 4.78 is 5.72. The van der Waals surface area contributed by atoms with E-state index in [9.17, 15) is 0 Å². The van der Waals surface area contributed by atoms with Gasteiger partial charge in [0, 0.05) is 17.0 Å². The van der Waals surface area contributed by atoms with Crippen LogP contribution in [0, 0.1) is 5.41 Å². The first-order valence-electron chi connectivity index (χ1n) is 5.62. The molecule has 0 spiro atoms. The standard InChI is InChI=1S/C13H20ClNO/c1-4-15-9-13(2,3)10-16-12-7-5-6-11(14)8-12/h5-8,15H,4,9-10H2,1-3H3. The second-order valence-electron chi connectivity index (χ2n) is 4.69. The number of halogens is 1. The molecule has 0 atom stereocenters. The fourth-order valence-corrected chi connectivity index (χ4v) is 1.53. The molecule has 0 unspecified atom stereocenters. The lowest BCUT2D eigenvalue weighted by molar-refractivity contribution is 0.177. The van der Waals surface area contributed by atoms with Gasteiger partial charge in [-0.3, -0.25) is 0 Å². The third-order valence-electron chi connectivity index (χ3n) is 2.28. The molecule has 0 aromatic heterocycles. The van der Waals surface area contributed by atoms with Gasteiger partial charge < -0.3 is 10.1 Å². The first-order valence-corrected chi connectivity index (χ1v) is 6.00. The SMILES string of the molecule is CCNCC(C)(C)COc1cccc(Cl)c1. The van der Waals surface area contributed by atoms with Crippen LogP contribution in [0.3, 0.4) is 0 Å². The lowest BCUT2D eigenvalue weighted by atomic mass is 9.95. The molecule has 2 nitrogen and oxygen atoms in total. The third-order valence-corrected chi connectivity index (χ3v) is 2.51. The van der Waals surface area contributed by atoms with E-state index in [0.717, 1.165) is 18.8 Å². The quantitative estimate of drug-likeness (QED) is 0.825. The van der Waals surface area contributed by atoms with E-state index in [1.165, 1.54) is 0 Å². The molecule has 0 aliphatic heterocycles. The van der Waals surface area contributed by atoms with E-state index in [-0.39, 0.29) is 5.41 Å². The maximum atomic E-state index is 5.89.